The topological polar surface area (TPSA) is 69.6 Å². The lowest BCUT2D eigenvalue weighted by Gasteiger charge is -2.36. The van der Waals surface area contributed by atoms with Gasteiger partial charge in [-0.25, -0.2) is 14.9 Å². The minimum absolute atomic E-state index is 0.265. The van der Waals surface area contributed by atoms with Crippen molar-refractivity contribution in [2.45, 2.75) is 20.8 Å². The van der Waals surface area contributed by atoms with Crippen LogP contribution in [0.15, 0.2) is 66.6 Å². The van der Waals surface area contributed by atoms with Crippen molar-refractivity contribution in [3.8, 4) is 0 Å². The molecule has 0 atom stereocenters. The van der Waals surface area contributed by atoms with Crippen molar-refractivity contribution < 1.29 is 9.59 Å². The number of piperazine rings is 1. The molecule has 0 N–H and O–H groups in total. The van der Waals surface area contributed by atoms with Crippen LogP contribution in [-0.4, -0.2) is 52.9 Å². The maximum atomic E-state index is 13.8. The van der Waals surface area contributed by atoms with Gasteiger partial charge in [-0.05, 0) is 49.6 Å². The third-order valence-electron chi connectivity index (χ3n) is 6.44. The highest BCUT2D eigenvalue weighted by atomic mass is 16.2. The number of amides is 2. The predicted molar refractivity (Wildman–Crippen MR) is 132 cm³/mol. The van der Waals surface area contributed by atoms with E-state index in [9.17, 15) is 9.59 Å². The summed E-state index contributed by atoms with van der Waals surface area (Å²) in [6.45, 7) is 8.43. The van der Waals surface area contributed by atoms with Crippen molar-refractivity contribution in [3.63, 3.8) is 0 Å². The quantitative estimate of drug-likeness (QED) is 0.563. The number of anilines is 2. The summed E-state index contributed by atoms with van der Waals surface area (Å²) in [4.78, 5) is 41.8. The van der Waals surface area contributed by atoms with Gasteiger partial charge < -0.3 is 9.80 Å². The molecule has 1 saturated heterocycles. The smallest absolute Gasteiger partial charge is 0.282 e. The maximum Gasteiger partial charge on any atom is 0.282 e. The Balaban J connectivity index is 1.53. The van der Waals surface area contributed by atoms with Crippen LogP contribution >= 0.6 is 0 Å². The van der Waals surface area contributed by atoms with Crippen LogP contribution in [0.5, 0.6) is 0 Å². The van der Waals surface area contributed by atoms with Crippen molar-refractivity contribution in [1.82, 2.24) is 14.9 Å². The number of nitrogens with zero attached hydrogens (tertiary/aromatic N) is 5. The van der Waals surface area contributed by atoms with Gasteiger partial charge in [0.25, 0.3) is 11.8 Å². The Morgan fingerprint density at radius 2 is 1.35 bits per heavy atom. The summed E-state index contributed by atoms with van der Waals surface area (Å²) < 4.78 is 0. The molecule has 0 unspecified atom stereocenters. The number of carbonyl (C=O) groups is 2. The van der Waals surface area contributed by atoms with Crippen LogP contribution in [0.3, 0.4) is 0 Å². The van der Waals surface area contributed by atoms with E-state index >= 15 is 0 Å². The lowest BCUT2D eigenvalue weighted by molar-refractivity contribution is -0.120. The lowest BCUT2D eigenvalue weighted by atomic mass is 10.0. The second-order valence-corrected chi connectivity index (χ2v) is 8.85. The molecule has 0 aliphatic carbocycles. The van der Waals surface area contributed by atoms with Crippen LogP contribution in [0.4, 0.5) is 11.6 Å². The standard InChI is InChI=1S/C27H27N5O2/c1-18-6-9-21(10-7-18)23-24(30-13-15-31(16-14-30)27-28-11-4-12-29-27)26(34)32(25(23)33)22-17-19(2)5-8-20(22)3/h4-12,17H,13-16H2,1-3H3. The summed E-state index contributed by atoms with van der Waals surface area (Å²) in [6.07, 6.45) is 3.46. The van der Waals surface area contributed by atoms with Gasteiger partial charge in [-0.15, -0.1) is 0 Å². The highest BCUT2D eigenvalue weighted by molar-refractivity contribution is 6.45. The third kappa shape index (κ3) is 3.83. The Morgan fingerprint density at radius 3 is 2.03 bits per heavy atom. The second-order valence-electron chi connectivity index (χ2n) is 8.85. The molecule has 3 heterocycles. The number of hydrogen-bond donors (Lipinski definition) is 0. The molecule has 3 aromatic rings. The van der Waals surface area contributed by atoms with E-state index in [1.807, 2.05) is 68.1 Å². The molecule has 1 aromatic heterocycles. The van der Waals surface area contributed by atoms with Gasteiger partial charge in [-0.3, -0.25) is 9.59 Å². The molecule has 1 fully saturated rings. The fourth-order valence-corrected chi connectivity index (χ4v) is 4.56. The minimum atomic E-state index is -0.272. The molecule has 0 bridgehead atoms. The van der Waals surface area contributed by atoms with E-state index in [-0.39, 0.29) is 11.8 Å². The van der Waals surface area contributed by atoms with Crippen molar-refractivity contribution in [2.24, 2.45) is 0 Å². The Hall–Kier alpha value is -4.00. The molecule has 7 heteroatoms. The van der Waals surface area contributed by atoms with Gasteiger partial charge in [0.15, 0.2) is 0 Å². The van der Waals surface area contributed by atoms with Crippen molar-refractivity contribution in [3.05, 3.63) is 88.9 Å². The molecule has 2 aromatic carbocycles. The molecule has 2 aliphatic rings. The number of hydrogen-bond acceptors (Lipinski definition) is 6. The fourth-order valence-electron chi connectivity index (χ4n) is 4.56. The van der Waals surface area contributed by atoms with Gasteiger partial charge in [0.1, 0.15) is 5.70 Å². The molecule has 2 aliphatic heterocycles. The normalized spacial score (nSPS) is 16.6. The van der Waals surface area contributed by atoms with E-state index in [0.717, 1.165) is 22.3 Å². The zero-order valence-electron chi connectivity index (χ0n) is 19.7. The van der Waals surface area contributed by atoms with Crippen LogP contribution in [-0.2, 0) is 9.59 Å². The van der Waals surface area contributed by atoms with Crippen molar-refractivity contribution in [1.29, 1.82) is 0 Å². The number of aromatic nitrogens is 2. The molecular weight excluding hydrogens is 426 g/mol. The summed E-state index contributed by atoms with van der Waals surface area (Å²) in [7, 11) is 0. The highest BCUT2D eigenvalue weighted by Gasteiger charge is 2.43. The fraction of sp³-hybridized carbons (Fsp3) is 0.259. The number of aryl methyl sites for hydroxylation is 3. The van der Waals surface area contributed by atoms with E-state index < -0.39 is 0 Å². The first-order valence-electron chi connectivity index (χ1n) is 11.5. The molecule has 7 nitrogen and oxygen atoms in total. The van der Waals surface area contributed by atoms with Crippen LogP contribution in [0.2, 0.25) is 0 Å². The van der Waals surface area contributed by atoms with Crippen LogP contribution < -0.4 is 9.80 Å². The monoisotopic (exact) mass is 453 g/mol. The summed E-state index contributed by atoms with van der Waals surface area (Å²) in [6, 6.07) is 15.4. The molecule has 172 valence electrons. The molecule has 2 amide bonds. The van der Waals surface area contributed by atoms with Gasteiger partial charge in [0.05, 0.1) is 11.3 Å². The van der Waals surface area contributed by atoms with Gasteiger partial charge >= 0.3 is 0 Å². The SMILES string of the molecule is Cc1ccc(C2=C(N3CCN(c4ncccn4)CC3)C(=O)N(c3cc(C)ccc3C)C2=O)cc1. The average Bonchev–Trinajstić information content (AvgIpc) is 3.11. The summed E-state index contributed by atoms with van der Waals surface area (Å²) in [5, 5.41) is 0. The second kappa shape index (κ2) is 8.74. The zero-order chi connectivity index (χ0) is 23.8. The number of carbonyl (C=O) groups excluding carboxylic acids is 2. The van der Waals surface area contributed by atoms with E-state index in [0.29, 0.717) is 49.1 Å². The lowest BCUT2D eigenvalue weighted by Crippen LogP contribution is -2.48. The van der Waals surface area contributed by atoms with Crippen molar-refractivity contribution in [2.75, 3.05) is 36.0 Å². The van der Waals surface area contributed by atoms with Gasteiger partial charge in [-0.1, -0.05) is 42.0 Å². The largest absolute Gasteiger partial charge is 0.363 e. The summed E-state index contributed by atoms with van der Waals surface area (Å²) >= 11 is 0. The Bertz CT molecular complexity index is 1280. The van der Waals surface area contributed by atoms with E-state index in [4.69, 9.17) is 0 Å². The number of benzene rings is 2. The molecule has 0 radical (unpaired) electrons. The van der Waals surface area contributed by atoms with E-state index in [1.54, 1.807) is 18.5 Å². The Labute approximate surface area is 199 Å². The average molecular weight is 454 g/mol. The molecule has 0 spiro atoms. The first-order valence-corrected chi connectivity index (χ1v) is 11.5. The molecular formula is C27H27N5O2. The maximum absolute atomic E-state index is 13.8. The van der Waals surface area contributed by atoms with E-state index in [1.165, 1.54) is 4.90 Å². The summed E-state index contributed by atoms with van der Waals surface area (Å²) in [5.41, 5.74) is 5.35. The molecule has 34 heavy (non-hydrogen) atoms. The predicted octanol–water partition coefficient (Wildman–Crippen LogP) is 3.51. The van der Waals surface area contributed by atoms with Gasteiger partial charge in [0.2, 0.25) is 5.95 Å². The van der Waals surface area contributed by atoms with Crippen LogP contribution in [0.1, 0.15) is 22.3 Å². The molecule has 0 saturated carbocycles. The van der Waals surface area contributed by atoms with Gasteiger partial charge in [-0.2, -0.15) is 0 Å². The van der Waals surface area contributed by atoms with Gasteiger partial charge in [0, 0.05) is 38.6 Å². The number of imide groups is 1. The minimum Gasteiger partial charge on any atom is -0.363 e. The Kier molecular flexibility index (Phi) is 5.61. The summed E-state index contributed by atoms with van der Waals surface area (Å²) in [5.74, 6) is 0.144. The number of rotatable bonds is 4. The van der Waals surface area contributed by atoms with Crippen LogP contribution in [0.25, 0.3) is 5.57 Å². The molecule has 5 rings (SSSR count). The first-order chi connectivity index (χ1) is 16.4. The first kappa shape index (κ1) is 21.8. The van der Waals surface area contributed by atoms with Crippen molar-refractivity contribution >= 4 is 29.0 Å². The van der Waals surface area contributed by atoms with Crippen LogP contribution in [0, 0.1) is 20.8 Å². The zero-order valence-corrected chi connectivity index (χ0v) is 19.7. The van der Waals surface area contributed by atoms with E-state index in [2.05, 4.69) is 14.9 Å². The highest BCUT2D eigenvalue weighted by Crippen LogP contribution is 2.37. The Morgan fingerprint density at radius 1 is 0.735 bits per heavy atom. The third-order valence-corrected chi connectivity index (χ3v) is 6.44.